The molecule has 3 aromatic rings. The van der Waals surface area contributed by atoms with Gasteiger partial charge in [-0.05, 0) is 47.7 Å². The van der Waals surface area contributed by atoms with Gasteiger partial charge in [-0.1, -0.05) is 36.4 Å². The molecule has 0 aromatic heterocycles. The van der Waals surface area contributed by atoms with Crippen molar-refractivity contribution in [1.29, 1.82) is 0 Å². The van der Waals surface area contributed by atoms with Crippen LogP contribution in [0.3, 0.4) is 0 Å². The molecule has 1 aliphatic heterocycles. The number of para-hydroxylation sites is 1. The summed E-state index contributed by atoms with van der Waals surface area (Å²) in [7, 11) is 1.46. The molecule has 0 spiro atoms. The van der Waals surface area contributed by atoms with Gasteiger partial charge in [0.15, 0.2) is 11.5 Å². The van der Waals surface area contributed by atoms with Gasteiger partial charge in [0, 0.05) is 11.6 Å². The van der Waals surface area contributed by atoms with E-state index in [0.717, 1.165) is 16.7 Å². The maximum Gasteiger partial charge on any atom is 0.293 e. The minimum absolute atomic E-state index is 0.0638. The zero-order valence-electron chi connectivity index (χ0n) is 18.5. The molecule has 10 heteroatoms. The molecular weight excluding hydrogens is 475 g/mol. The molecule has 4 rings (SSSR count). The summed E-state index contributed by atoms with van der Waals surface area (Å²) >= 11 is 0.762. The van der Waals surface area contributed by atoms with Gasteiger partial charge in [-0.2, -0.15) is 0 Å². The second kappa shape index (κ2) is 10.4. The largest absolute Gasteiger partial charge is 0.493 e. The van der Waals surface area contributed by atoms with Gasteiger partial charge in [-0.3, -0.25) is 24.6 Å². The molecule has 1 fully saturated rings. The Bertz CT molecular complexity index is 1340. The fourth-order valence-corrected chi connectivity index (χ4v) is 4.29. The van der Waals surface area contributed by atoms with Crippen molar-refractivity contribution in [1.82, 2.24) is 4.90 Å². The first-order chi connectivity index (χ1) is 16.9. The normalized spacial score (nSPS) is 14.5. The van der Waals surface area contributed by atoms with E-state index >= 15 is 0 Å². The highest BCUT2D eigenvalue weighted by molar-refractivity contribution is 8.18. The average molecular weight is 495 g/mol. The smallest absolute Gasteiger partial charge is 0.293 e. The number of nitrogens with zero attached hydrogens (tertiary/aromatic N) is 2. The fraction of sp³-hybridized carbons (Fsp3) is 0.120. The summed E-state index contributed by atoms with van der Waals surface area (Å²) in [6.07, 6.45) is 1.53. The van der Waals surface area contributed by atoms with Gasteiger partial charge in [0.1, 0.15) is 12.4 Å². The number of hydrogen-bond donors (Lipinski definition) is 0. The van der Waals surface area contributed by atoms with Crippen LogP contribution < -0.4 is 9.47 Å². The highest BCUT2D eigenvalue weighted by Gasteiger charge is 2.35. The highest BCUT2D eigenvalue weighted by Crippen LogP contribution is 2.36. The number of benzene rings is 3. The molecule has 0 bridgehead atoms. The van der Waals surface area contributed by atoms with Crippen LogP contribution in [0.4, 0.5) is 14.9 Å². The van der Waals surface area contributed by atoms with Crippen LogP contribution in [0.15, 0.2) is 71.6 Å². The number of amides is 2. The molecule has 2 amide bonds. The number of rotatable bonds is 8. The molecular formula is C25H19FN2O6S. The molecule has 1 aliphatic rings. The molecule has 8 nitrogen and oxygen atoms in total. The lowest BCUT2D eigenvalue weighted by Crippen LogP contribution is -2.27. The molecule has 0 aliphatic carbocycles. The lowest BCUT2D eigenvalue weighted by Gasteiger charge is -2.13. The zero-order valence-corrected chi connectivity index (χ0v) is 19.3. The van der Waals surface area contributed by atoms with Crippen LogP contribution in [0.1, 0.15) is 16.7 Å². The predicted octanol–water partition coefficient (Wildman–Crippen LogP) is 5.56. The Hall–Kier alpha value is -4.18. The molecule has 35 heavy (non-hydrogen) atoms. The highest BCUT2D eigenvalue weighted by atomic mass is 32.2. The van der Waals surface area contributed by atoms with Gasteiger partial charge in [0.05, 0.1) is 29.0 Å². The third-order valence-electron chi connectivity index (χ3n) is 5.22. The zero-order chi connectivity index (χ0) is 24.9. The van der Waals surface area contributed by atoms with E-state index in [1.54, 1.807) is 42.5 Å². The molecule has 3 aromatic carbocycles. The van der Waals surface area contributed by atoms with Crippen molar-refractivity contribution >= 4 is 34.7 Å². The number of hydrogen-bond acceptors (Lipinski definition) is 7. The molecule has 1 saturated heterocycles. The maximum absolute atomic E-state index is 14.0. The van der Waals surface area contributed by atoms with Gasteiger partial charge < -0.3 is 9.47 Å². The van der Waals surface area contributed by atoms with E-state index in [1.165, 1.54) is 37.5 Å². The Morgan fingerprint density at radius 3 is 2.46 bits per heavy atom. The SMILES string of the molecule is COc1ccc(/C=C2\SC(=O)N(Cc3ccccc3F)C2=O)cc1OCc1ccccc1[N+](=O)[O-]. The van der Waals surface area contributed by atoms with Gasteiger partial charge in [0.25, 0.3) is 16.8 Å². The molecule has 178 valence electrons. The van der Waals surface area contributed by atoms with Crippen molar-refractivity contribution in [3.63, 3.8) is 0 Å². The first-order valence-corrected chi connectivity index (χ1v) is 11.2. The fourth-order valence-electron chi connectivity index (χ4n) is 3.45. The minimum atomic E-state index is -0.526. The third kappa shape index (κ3) is 5.33. The number of methoxy groups -OCH3 is 1. The number of imide groups is 1. The maximum atomic E-state index is 14.0. The van der Waals surface area contributed by atoms with Crippen molar-refractivity contribution < 1.29 is 28.4 Å². The van der Waals surface area contributed by atoms with Crippen molar-refractivity contribution in [2.24, 2.45) is 0 Å². The number of nitro benzene ring substituents is 1. The monoisotopic (exact) mass is 494 g/mol. The van der Waals surface area contributed by atoms with Gasteiger partial charge in [0.2, 0.25) is 0 Å². The molecule has 0 N–H and O–H groups in total. The van der Waals surface area contributed by atoms with E-state index in [9.17, 15) is 24.1 Å². The summed E-state index contributed by atoms with van der Waals surface area (Å²) < 4.78 is 25.1. The number of carbonyl (C=O) groups excluding carboxylic acids is 2. The molecule has 0 saturated carbocycles. The summed E-state index contributed by atoms with van der Waals surface area (Å²) in [5.74, 6) is -0.314. The summed E-state index contributed by atoms with van der Waals surface area (Å²) in [4.78, 5) is 37.2. The van der Waals surface area contributed by atoms with E-state index < -0.39 is 21.9 Å². The van der Waals surface area contributed by atoms with Crippen molar-refractivity contribution in [3.8, 4) is 11.5 Å². The van der Waals surface area contributed by atoms with Crippen LogP contribution in [-0.4, -0.2) is 28.1 Å². The Kier molecular flexibility index (Phi) is 7.11. The van der Waals surface area contributed by atoms with Crippen LogP contribution in [-0.2, 0) is 17.9 Å². The third-order valence-corrected chi connectivity index (χ3v) is 6.12. The second-order valence-corrected chi connectivity index (χ2v) is 8.44. The molecule has 0 atom stereocenters. The van der Waals surface area contributed by atoms with E-state index in [4.69, 9.17) is 9.47 Å². The Balaban J connectivity index is 1.55. The summed E-state index contributed by atoms with van der Waals surface area (Å²) in [5, 5.41) is 10.8. The first-order valence-electron chi connectivity index (χ1n) is 10.4. The van der Waals surface area contributed by atoms with Crippen LogP contribution in [0.5, 0.6) is 11.5 Å². The Labute approximate surface area is 204 Å². The van der Waals surface area contributed by atoms with Crippen molar-refractivity contribution in [2.45, 2.75) is 13.2 Å². The van der Waals surface area contributed by atoms with Crippen molar-refractivity contribution in [3.05, 3.63) is 104 Å². The number of thioether (sulfide) groups is 1. The molecule has 0 radical (unpaired) electrons. The quantitative estimate of drug-likeness (QED) is 0.230. The van der Waals surface area contributed by atoms with E-state index in [1.807, 2.05) is 0 Å². The summed E-state index contributed by atoms with van der Waals surface area (Å²) in [6.45, 7) is -0.238. The summed E-state index contributed by atoms with van der Waals surface area (Å²) in [5.41, 5.74) is 1.12. The molecule has 0 unspecified atom stereocenters. The lowest BCUT2D eigenvalue weighted by molar-refractivity contribution is -0.385. The number of halogens is 1. The van der Waals surface area contributed by atoms with E-state index in [2.05, 4.69) is 0 Å². The predicted molar refractivity (Wildman–Crippen MR) is 128 cm³/mol. The standard InChI is InChI=1S/C25H19FN2O6S/c1-33-21-11-10-16(12-22(21)34-15-18-7-3-5-9-20(18)28(31)32)13-23-24(29)27(25(30)35-23)14-17-6-2-4-8-19(17)26/h2-13H,14-15H2,1H3/b23-13-. The van der Waals surface area contributed by atoms with Crippen LogP contribution in [0.25, 0.3) is 6.08 Å². The van der Waals surface area contributed by atoms with Crippen LogP contribution >= 0.6 is 11.8 Å². The Morgan fingerprint density at radius 1 is 1.03 bits per heavy atom. The van der Waals surface area contributed by atoms with Crippen LogP contribution in [0.2, 0.25) is 0 Å². The van der Waals surface area contributed by atoms with E-state index in [-0.39, 0.29) is 29.3 Å². The second-order valence-electron chi connectivity index (χ2n) is 7.44. The minimum Gasteiger partial charge on any atom is -0.493 e. The van der Waals surface area contributed by atoms with Gasteiger partial charge in [-0.25, -0.2) is 4.39 Å². The number of carbonyl (C=O) groups is 2. The first kappa shape index (κ1) is 24.0. The topological polar surface area (TPSA) is 99.0 Å². The molecule has 1 heterocycles. The van der Waals surface area contributed by atoms with Gasteiger partial charge >= 0.3 is 0 Å². The summed E-state index contributed by atoms with van der Waals surface area (Å²) in [6, 6.07) is 17.1. The van der Waals surface area contributed by atoms with E-state index in [0.29, 0.717) is 22.6 Å². The van der Waals surface area contributed by atoms with Crippen molar-refractivity contribution in [2.75, 3.05) is 7.11 Å². The average Bonchev–Trinajstić information content (AvgIpc) is 3.11. The van der Waals surface area contributed by atoms with Crippen LogP contribution in [0, 0.1) is 15.9 Å². The van der Waals surface area contributed by atoms with Gasteiger partial charge in [-0.15, -0.1) is 0 Å². The number of ether oxygens (including phenoxy) is 2. The number of nitro groups is 1. The lowest BCUT2D eigenvalue weighted by atomic mass is 10.1. The Morgan fingerprint density at radius 2 is 1.74 bits per heavy atom.